The summed E-state index contributed by atoms with van der Waals surface area (Å²) in [7, 11) is 0. The number of ether oxygens (including phenoxy) is 2. The van der Waals surface area contributed by atoms with Gasteiger partial charge in [-0.3, -0.25) is 0 Å². The molecule has 2 bridgehead atoms. The molecular weight excluding hydrogens is 308 g/mol. The third-order valence-electron chi connectivity index (χ3n) is 4.42. The van der Waals surface area contributed by atoms with Gasteiger partial charge in [0, 0.05) is 12.5 Å². The van der Waals surface area contributed by atoms with E-state index in [0.29, 0.717) is 6.54 Å². The van der Waals surface area contributed by atoms with E-state index in [9.17, 15) is 9.59 Å². The quantitative estimate of drug-likeness (QED) is 0.924. The van der Waals surface area contributed by atoms with E-state index in [0.717, 1.165) is 12.0 Å². The van der Waals surface area contributed by atoms with Crippen LogP contribution >= 0.6 is 0 Å². The highest BCUT2D eigenvalue weighted by molar-refractivity contribution is 5.72. The number of amides is 2. The highest BCUT2D eigenvalue weighted by Crippen LogP contribution is 2.41. The minimum absolute atomic E-state index is 0.00845. The Hall–Kier alpha value is -2.24. The fourth-order valence-corrected chi connectivity index (χ4v) is 3.26. The molecule has 0 aromatic heterocycles. The monoisotopic (exact) mass is 332 g/mol. The number of rotatable bonds is 3. The molecule has 4 rings (SSSR count). The summed E-state index contributed by atoms with van der Waals surface area (Å²) in [5, 5.41) is 2.89. The van der Waals surface area contributed by atoms with Crippen molar-refractivity contribution in [2.24, 2.45) is 5.92 Å². The van der Waals surface area contributed by atoms with E-state index in [4.69, 9.17) is 9.47 Å². The number of hydrogen-bond donors (Lipinski definition) is 1. The molecule has 2 amide bonds. The zero-order valence-electron chi connectivity index (χ0n) is 14.3. The molecule has 6 heteroatoms. The van der Waals surface area contributed by atoms with Crippen LogP contribution in [0.4, 0.5) is 9.59 Å². The van der Waals surface area contributed by atoms with E-state index in [1.807, 2.05) is 51.1 Å². The molecule has 1 aromatic rings. The van der Waals surface area contributed by atoms with Gasteiger partial charge < -0.3 is 19.7 Å². The summed E-state index contributed by atoms with van der Waals surface area (Å²) in [6, 6.07) is 9.51. The zero-order valence-corrected chi connectivity index (χ0v) is 14.3. The van der Waals surface area contributed by atoms with Crippen molar-refractivity contribution in [2.45, 2.75) is 51.5 Å². The van der Waals surface area contributed by atoms with Crippen molar-refractivity contribution < 1.29 is 19.1 Å². The minimum atomic E-state index is -0.512. The fraction of sp³-hybridized carbons (Fsp3) is 0.556. The molecule has 1 aliphatic carbocycles. The van der Waals surface area contributed by atoms with Crippen LogP contribution in [0.3, 0.4) is 0 Å². The van der Waals surface area contributed by atoms with E-state index >= 15 is 0 Å². The Morgan fingerprint density at radius 3 is 2.62 bits per heavy atom. The van der Waals surface area contributed by atoms with Crippen molar-refractivity contribution in [1.29, 1.82) is 0 Å². The lowest BCUT2D eigenvalue weighted by atomic mass is 9.80. The Balaban J connectivity index is 1.47. The molecule has 24 heavy (non-hydrogen) atoms. The Morgan fingerprint density at radius 1 is 1.25 bits per heavy atom. The van der Waals surface area contributed by atoms with Crippen molar-refractivity contribution in [2.75, 3.05) is 6.54 Å². The third kappa shape index (κ3) is 3.63. The highest BCUT2D eigenvalue weighted by Gasteiger charge is 2.55. The fourth-order valence-electron chi connectivity index (χ4n) is 3.26. The Kier molecular flexibility index (Phi) is 4.39. The van der Waals surface area contributed by atoms with Gasteiger partial charge in [-0.15, -0.1) is 0 Å². The first-order chi connectivity index (χ1) is 11.3. The summed E-state index contributed by atoms with van der Waals surface area (Å²) in [6.07, 6.45) is 0.157. The van der Waals surface area contributed by atoms with Crippen LogP contribution in [-0.4, -0.2) is 41.3 Å². The number of hydrogen-bond acceptors (Lipinski definition) is 4. The van der Waals surface area contributed by atoms with Gasteiger partial charge in [0.2, 0.25) is 0 Å². The van der Waals surface area contributed by atoms with E-state index < -0.39 is 11.7 Å². The Labute approximate surface area is 142 Å². The highest BCUT2D eigenvalue weighted by atomic mass is 16.6. The molecular formula is C18H24N2O4. The van der Waals surface area contributed by atoms with Gasteiger partial charge in [0.1, 0.15) is 12.2 Å². The maximum Gasteiger partial charge on any atom is 0.410 e. The predicted octanol–water partition coefficient (Wildman–Crippen LogP) is 2.92. The van der Waals surface area contributed by atoms with Gasteiger partial charge in [0.05, 0.1) is 12.1 Å². The van der Waals surface area contributed by atoms with E-state index in [2.05, 4.69) is 5.32 Å². The molecule has 1 saturated carbocycles. The maximum absolute atomic E-state index is 12.2. The summed E-state index contributed by atoms with van der Waals surface area (Å²) in [5.41, 5.74) is 0.432. The molecule has 1 aromatic carbocycles. The normalized spacial score (nSPS) is 25.0. The van der Waals surface area contributed by atoms with Gasteiger partial charge in [0.25, 0.3) is 0 Å². The smallest absolute Gasteiger partial charge is 0.410 e. The third-order valence-corrected chi connectivity index (χ3v) is 4.42. The number of alkyl carbamates (subject to hydrolysis) is 1. The lowest BCUT2D eigenvalue weighted by Gasteiger charge is -2.36. The predicted molar refractivity (Wildman–Crippen MR) is 88.4 cm³/mol. The van der Waals surface area contributed by atoms with Crippen molar-refractivity contribution in [1.82, 2.24) is 10.2 Å². The van der Waals surface area contributed by atoms with Crippen LogP contribution in [-0.2, 0) is 16.1 Å². The second-order valence-electron chi connectivity index (χ2n) is 7.43. The van der Waals surface area contributed by atoms with Gasteiger partial charge in [-0.2, -0.15) is 0 Å². The lowest BCUT2D eigenvalue weighted by molar-refractivity contribution is 0.0219. The topological polar surface area (TPSA) is 67.9 Å². The molecule has 2 heterocycles. The molecule has 2 aliphatic heterocycles. The van der Waals surface area contributed by atoms with Crippen molar-refractivity contribution in [3.63, 3.8) is 0 Å². The Morgan fingerprint density at radius 2 is 1.96 bits per heavy atom. The Bertz CT molecular complexity index is 611. The second-order valence-corrected chi connectivity index (χ2v) is 7.43. The van der Waals surface area contributed by atoms with Crippen LogP contribution in [0.1, 0.15) is 32.8 Å². The minimum Gasteiger partial charge on any atom is -0.445 e. The van der Waals surface area contributed by atoms with Crippen molar-refractivity contribution in [3.8, 4) is 0 Å². The molecule has 2 saturated heterocycles. The maximum atomic E-state index is 12.2. The molecule has 1 unspecified atom stereocenters. The summed E-state index contributed by atoms with van der Waals surface area (Å²) in [6.45, 7) is 6.42. The van der Waals surface area contributed by atoms with Gasteiger partial charge in [-0.1, -0.05) is 30.3 Å². The van der Waals surface area contributed by atoms with Crippen LogP contribution in [0.5, 0.6) is 0 Å². The molecule has 1 N–H and O–H groups in total. The zero-order chi connectivity index (χ0) is 17.3. The molecule has 0 radical (unpaired) electrons. The van der Waals surface area contributed by atoms with Crippen LogP contribution < -0.4 is 5.32 Å². The first-order valence-electron chi connectivity index (χ1n) is 8.30. The number of carbonyl (C=O) groups is 2. The van der Waals surface area contributed by atoms with E-state index in [-0.39, 0.29) is 30.7 Å². The first-order valence-corrected chi connectivity index (χ1v) is 8.30. The largest absolute Gasteiger partial charge is 0.445 e. The van der Waals surface area contributed by atoms with Gasteiger partial charge in [-0.25, -0.2) is 9.59 Å². The van der Waals surface area contributed by atoms with Gasteiger partial charge >= 0.3 is 12.2 Å². The molecule has 3 atom stereocenters. The molecule has 130 valence electrons. The van der Waals surface area contributed by atoms with Crippen molar-refractivity contribution in [3.05, 3.63) is 35.9 Å². The van der Waals surface area contributed by atoms with Crippen LogP contribution in [0.2, 0.25) is 0 Å². The molecule has 0 spiro atoms. The van der Waals surface area contributed by atoms with Crippen LogP contribution in [0.15, 0.2) is 30.3 Å². The number of nitrogens with zero attached hydrogens (tertiary/aromatic N) is 1. The summed E-state index contributed by atoms with van der Waals surface area (Å²) >= 11 is 0. The van der Waals surface area contributed by atoms with Crippen LogP contribution in [0, 0.1) is 5.92 Å². The van der Waals surface area contributed by atoms with E-state index in [1.165, 1.54) is 0 Å². The number of benzene rings is 1. The summed E-state index contributed by atoms with van der Waals surface area (Å²) in [5.74, 6) is 0.284. The van der Waals surface area contributed by atoms with Crippen molar-refractivity contribution >= 4 is 12.2 Å². The first kappa shape index (κ1) is 16.6. The van der Waals surface area contributed by atoms with E-state index in [1.54, 1.807) is 4.90 Å². The number of carbonyl (C=O) groups excluding carboxylic acids is 2. The van der Waals surface area contributed by atoms with Crippen LogP contribution in [0.25, 0.3) is 0 Å². The SMILES string of the molecule is CC(C)(C)OC(=O)N1C[C@H]2C[C@@H]1C2NC(=O)OCc1ccccc1. The average molecular weight is 332 g/mol. The van der Waals surface area contributed by atoms with Gasteiger partial charge in [0.15, 0.2) is 0 Å². The second kappa shape index (κ2) is 6.34. The molecule has 3 aliphatic rings. The number of nitrogens with one attached hydrogen (secondary N) is 1. The molecule has 6 nitrogen and oxygen atoms in total. The summed E-state index contributed by atoms with van der Waals surface area (Å²) in [4.78, 5) is 25.9. The molecule has 3 fully saturated rings. The lowest BCUT2D eigenvalue weighted by Crippen LogP contribution is -2.55. The summed E-state index contributed by atoms with van der Waals surface area (Å²) < 4.78 is 10.7. The number of fused-ring (bicyclic) bond motifs is 1. The average Bonchev–Trinajstić information content (AvgIpc) is 3.09. The van der Waals surface area contributed by atoms with Gasteiger partial charge in [-0.05, 0) is 32.8 Å². The standard InChI is InChI=1S/C18H24N2O4/c1-18(2,3)24-17(22)20-10-13-9-14(20)15(13)19-16(21)23-11-12-7-5-4-6-8-12/h4-8,13-15H,9-11H2,1-3H3,(H,19,21)/t13-,14-,15?/m1/s1.